The minimum absolute atomic E-state index is 0.0220. The molecule has 25 nitrogen and oxygen atoms in total. The predicted octanol–water partition coefficient (Wildman–Crippen LogP) is 3.12. The lowest BCUT2D eigenvalue weighted by Crippen LogP contribution is -2.46. The van der Waals surface area contributed by atoms with Crippen LogP contribution in [0.2, 0.25) is 0 Å². The van der Waals surface area contributed by atoms with Gasteiger partial charge in [-0.3, -0.25) is 37.3 Å². The van der Waals surface area contributed by atoms with Crippen LogP contribution in [0.25, 0.3) is 11.2 Å². The maximum Gasteiger partial charge on any atom is 0.481 e. The van der Waals surface area contributed by atoms with Crippen molar-refractivity contribution in [3.05, 3.63) is 37.0 Å². The third-order valence-corrected chi connectivity index (χ3v) is 14.9. The van der Waals surface area contributed by atoms with Crippen molar-refractivity contribution in [1.29, 1.82) is 0 Å². The molecule has 0 radical (unpaired) electrons. The van der Waals surface area contributed by atoms with E-state index >= 15 is 0 Å². The quantitative estimate of drug-likeness (QED) is 0.0308. The van der Waals surface area contributed by atoms with Crippen LogP contribution in [0.4, 0.5) is 5.82 Å². The Morgan fingerprint density at radius 2 is 1.69 bits per heavy atom. The van der Waals surface area contributed by atoms with Crippen LogP contribution in [-0.4, -0.2) is 128 Å². The first-order chi connectivity index (χ1) is 31.9. The van der Waals surface area contributed by atoms with Crippen molar-refractivity contribution >= 4 is 74.9 Å². The zero-order valence-corrected chi connectivity index (χ0v) is 41.3. The van der Waals surface area contributed by atoms with E-state index in [9.17, 15) is 62.7 Å². The number of allylic oxidation sites excluding steroid dienone is 4. The zero-order valence-electron chi connectivity index (χ0n) is 37.8. The van der Waals surface area contributed by atoms with Crippen molar-refractivity contribution in [1.82, 2.24) is 30.2 Å². The fourth-order valence-electron chi connectivity index (χ4n) is 7.23. The van der Waals surface area contributed by atoms with Crippen molar-refractivity contribution < 1.29 is 85.3 Å². The number of hydrogen-bond donors (Lipinski definition) is 9. The van der Waals surface area contributed by atoms with Crippen LogP contribution in [0, 0.1) is 17.3 Å². The number of rotatable bonds is 30. The number of carbonyl (C=O) groups excluding carboxylic acids is 4. The van der Waals surface area contributed by atoms with Crippen molar-refractivity contribution in [2.24, 2.45) is 17.3 Å². The molecule has 2 aliphatic rings. The number of thioether (sulfide) groups is 1. The molecule has 2 aromatic heterocycles. The van der Waals surface area contributed by atoms with E-state index in [1.54, 1.807) is 6.08 Å². The van der Waals surface area contributed by atoms with Crippen molar-refractivity contribution in [3.63, 3.8) is 0 Å². The second kappa shape index (κ2) is 26.2. The molecule has 1 fully saturated rings. The van der Waals surface area contributed by atoms with Gasteiger partial charge in [-0.1, -0.05) is 76.4 Å². The highest BCUT2D eigenvalue weighted by atomic mass is 32.2. The summed E-state index contributed by atoms with van der Waals surface area (Å²) in [4.78, 5) is 101. The number of ketones is 1. The van der Waals surface area contributed by atoms with Gasteiger partial charge in [0.2, 0.25) is 11.8 Å². The van der Waals surface area contributed by atoms with Gasteiger partial charge in [0.05, 0.1) is 19.5 Å². The second-order valence-corrected chi connectivity index (χ2v) is 22.1. The fraction of sp³-hybridized carbons (Fsp3) is 0.667. The molecule has 1 aliphatic heterocycles. The van der Waals surface area contributed by atoms with Crippen molar-refractivity contribution in [2.45, 2.75) is 116 Å². The number of aliphatic hydroxyl groups is 2. The Morgan fingerprint density at radius 1 is 0.985 bits per heavy atom. The largest absolute Gasteiger partial charge is 0.481 e. The summed E-state index contributed by atoms with van der Waals surface area (Å²) in [5.41, 5.74) is 4.26. The van der Waals surface area contributed by atoms with Gasteiger partial charge in [-0.25, -0.2) is 28.6 Å². The standard InChI is InChI=1S/C39H62N7O18P3S/c1-4-5-9-13-26-25(15-16-27(26)47)12-10-7-6-8-11-14-30(49)68-20-19-41-29(48)17-18-42-37(52)34(51)39(2,3)22-61-67(58,59)64-66(56,57)60-21-28-33(63-65(53,54)55)32(50)38(62-28)46-24-45-31-35(40)43-23-44-36(31)46/h5,9,15-16,23-26,28,32-34,38,50-51H,4,6-8,10-14,17-22H2,1-3H3,(H,41,48)(H,42,52)(H,56,57)(H,58,59)(H2,40,43,44)(H2,53,54,55)/b9-5+. The third kappa shape index (κ3) is 18.1. The molecule has 4 rings (SSSR count). The Labute approximate surface area is 396 Å². The van der Waals surface area contributed by atoms with Gasteiger partial charge in [0.1, 0.15) is 36.3 Å². The fourth-order valence-corrected chi connectivity index (χ4v) is 10.8. The van der Waals surface area contributed by atoms with E-state index in [0.29, 0.717) is 18.1 Å². The Bertz CT molecular complexity index is 2240. The van der Waals surface area contributed by atoms with E-state index in [-0.39, 0.29) is 53.3 Å². The molecule has 1 aliphatic carbocycles. The molecule has 2 aromatic rings. The highest BCUT2D eigenvalue weighted by molar-refractivity contribution is 8.13. The van der Waals surface area contributed by atoms with Gasteiger partial charge >= 0.3 is 23.5 Å². The lowest BCUT2D eigenvalue weighted by molar-refractivity contribution is -0.137. The first-order valence-electron chi connectivity index (χ1n) is 21.8. The monoisotopic (exact) mass is 1040 g/mol. The average Bonchev–Trinajstić information content (AvgIpc) is 3.94. The van der Waals surface area contributed by atoms with E-state index in [1.165, 1.54) is 13.8 Å². The lowest BCUT2D eigenvalue weighted by atomic mass is 9.87. The van der Waals surface area contributed by atoms with Gasteiger partial charge in [-0.2, -0.15) is 4.31 Å². The molecule has 382 valence electrons. The molecule has 10 N–H and O–H groups in total. The number of imidazole rings is 1. The highest BCUT2D eigenvalue weighted by Gasteiger charge is 2.50. The number of unbranched alkanes of at least 4 members (excludes halogenated alkanes) is 4. The van der Waals surface area contributed by atoms with Crippen LogP contribution in [0.1, 0.15) is 91.2 Å². The molecule has 29 heteroatoms. The van der Waals surface area contributed by atoms with Gasteiger partial charge in [0.25, 0.3) is 0 Å². The molecular weight excluding hydrogens is 979 g/mol. The molecule has 2 amide bonds. The maximum absolute atomic E-state index is 12.7. The Hall–Kier alpha value is -3.29. The summed E-state index contributed by atoms with van der Waals surface area (Å²) in [5, 5.41) is 26.6. The number of hydrogen-bond acceptors (Lipinski definition) is 19. The van der Waals surface area contributed by atoms with Crippen molar-refractivity contribution in [2.75, 3.05) is 37.8 Å². The molecule has 0 aromatic carbocycles. The molecule has 9 unspecified atom stereocenters. The molecular formula is C39H62N7O18P3S. The number of nitrogens with zero attached hydrogens (tertiary/aromatic N) is 4. The summed E-state index contributed by atoms with van der Waals surface area (Å²) in [6.45, 7) is 2.56. The normalized spacial score (nSPS) is 23.2. The summed E-state index contributed by atoms with van der Waals surface area (Å²) in [7, 11) is -16.4. The number of phosphoric ester groups is 3. The minimum atomic E-state index is -5.58. The summed E-state index contributed by atoms with van der Waals surface area (Å²) < 4.78 is 62.4. The number of nitrogens with two attached hydrogens (primary N) is 1. The Balaban J connectivity index is 1.09. The second-order valence-electron chi connectivity index (χ2n) is 16.7. The summed E-state index contributed by atoms with van der Waals surface area (Å²) in [6, 6.07) is 0. The van der Waals surface area contributed by atoms with Crippen LogP contribution in [0.5, 0.6) is 0 Å². The number of nitrogens with one attached hydrogen (secondary N) is 2. The molecule has 0 bridgehead atoms. The van der Waals surface area contributed by atoms with Crippen LogP contribution in [-0.2, 0) is 55.5 Å². The van der Waals surface area contributed by atoms with Crippen LogP contribution >= 0.6 is 35.2 Å². The van der Waals surface area contributed by atoms with Gasteiger partial charge < -0.3 is 50.9 Å². The van der Waals surface area contributed by atoms with E-state index in [4.69, 9.17) is 19.5 Å². The number of phosphoric acid groups is 3. The van der Waals surface area contributed by atoms with Crippen LogP contribution in [0.3, 0.4) is 0 Å². The first kappa shape index (κ1) is 57.3. The minimum Gasteiger partial charge on any atom is -0.386 e. The number of carbonyl (C=O) groups is 4. The van der Waals surface area contributed by atoms with Crippen LogP contribution in [0.15, 0.2) is 37.0 Å². The molecule has 3 heterocycles. The number of anilines is 1. The van der Waals surface area contributed by atoms with E-state index in [2.05, 4.69) is 53.5 Å². The zero-order chi connectivity index (χ0) is 50.3. The summed E-state index contributed by atoms with van der Waals surface area (Å²) in [5.74, 6) is -0.545. The number of fused-ring (bicyclic) bond motifs is 1. The SMILES string of the molecule is CC/C=C/CC1C(=O)C=CC1CCCCCCCC(=O)SCCNC(=O)CCNC(=O)C(O)C(C)(C)COP(=O)(O)OP(=O)(O)OCC1OC(n2cnc3c(N)ncnc32)C(O)C1OP(=O)(O)O. The number of aliphatic hydroxyl groups excluding tert-OH is 2. The third-order valence-electron chi connectivity index (χ3n) is 10.9. The van der Waals surface area contributed by atoms with Gasteiger partial charge in [0, 0.05) is 43.0 Å². The number of ether oxygens (including phenoxy) is 1. The number of amides is 2. The van der Waals surface area contributed by atoms with E-state index in [1.807, 2.05) is 6.08 Å². The van der Waals surface area contributed by atoms with Crippen LogP contribution < -0.4 is 16.4 Å². The van der Waals surface area contributed by atoms with Crippen molar-refractivity contribution in [3.8, 4) is 0 Å². The maximum atomic E-state index is 12.7. The number of aromatic nitrogens is 4. The topological polar surface area (TPSA) is 381 Å². The average molecular weight is 1040 g/mol. The first-order valence-corrected chi connectivity index (χ1v) is 27.4. The molecule has 68 heavy (non-hydrogen) atoms. The molecule has 0 saturated carbocycles. The van der Waals surface area contributed by atoms with E-state index < -0.39 is 84.6 Å². The van der Waals surface area contributed by atoms with Gasteiger partial charge in [-0.05, 0) is 37.7 Å². The van der Waals surface area contributed by atoms with E-state index in [0.717, 1.165) is 80.4 Å². The smallest absolute Gasteiger partial charge is 0.386 e. The number of nitrogen functional groups attached to an aromatic ring is 1. The van der Waals surface area contributed by atoms with Gasteiger partial charge in [-0.15, -0.1) is 0 Å². The van der Waals surface area contributed by atoms with Gasteiger partial charge in [0.15, 0.2) is 28.6 Å². The summed E-state index contributed by atoms with van der Waals surface area (Å²) in [6.07, 6.45) is 8.88. The summed E-state index contributed by atoms with van der Waals surface area (Å²) >= 11 is 1.12. The molecule has 1 saturated heterocycles. The molecule has 0 spiro atoms. The Morgan fingerprint density at radius 3 is 2.41 bits per heavy atom. The molecule has 9 atom stereocenters. The lowest BCUT2D eigenvalue weighted by Gasteiger charge is -2.30. The predicted molar refractivity (Wildman–Crippen MR) is 245 cm³/mol. The highest BCUT2D eigenvalue weighted by Crippen LogP contribution is 2.61. The Kier molecular flexibility index (Phi) is 22.1.